The van der Waals surface area contributed by atoms with Gasteiger partial charge in [-0.05, 0) is 25.7 Å². The summed E-state index contributed by atoms with van der Waals surface area (Å²) in [5.74, 6) is -0.175. The Hall–Kier alpha value is -0.860. The second kappa shape index (κ2) is 44.5. The van der Waals surface area contributed by atoms with Crippen LogP contribution in [0.25, 0.3) is 0 Å². The fourth-order valence-corrected chi connectivity index (χ4v) is 8.10. The van der Waals surface area contributed by atoms with Crippen LogP contribution in [0.15, 0.2) is 0 Å². The van der Waals surface area contributed by atoms with Crippen molar-refractivity contribution in [3.05, 3.63) is 0 Å². The van der Waals surface area contributed by atoms with Crippen LogP contribution in [0, 0.1) is 5.92 Å². The first-order chi connectivity index (χ1) is 25.6. The van der Waals surface area contributed by atoms with Gasteiger partial charge >= 0.3 is 5.97 Å². The summed E-state index contributed by atoms with van der Waals surface area (Å²) in [4.78, 5) is 24.0. The number of ketones is 1. The van der Waals surface area contributed by atoms with E-state index in [2.05, 4.69) is 13.8 Å². The van der Waals surface area contributed by atoms with E-state index in [0.717, 1.165) is 51.4 Å². The Morgan fingerprint density at radius 2 is 0.500 bits per heavy atom. The minimum Gasteiger partial charge on any atom is -0.481 e. The number of hydrogen-bond acceptors (Lipinski definition) is 2. The highest BCUT2D eigenvalue weighted by Gasteiger charge is 2.16. The molecule has 0 bridgehead atoms. The standard InChI is InChI=1S/C49H96O3/c1-3-5-7-9-11-13-15-16-17-21-25-29-33-37-41-45-48(50)46-42-38-34-30-26-22-19-18-20-24-28-32-36-40-44-47(49(51)52)43-39-35-31-27-23-14-12-10-8-6-4-2/h47H,3-46H2,1-2H3,(H,51,52). The first kappa shape index (κ1) is 51.1. The van der Waals surface area contributed by atoms with E-state index in [4.69, 9.17) is 0 Å². The van der Waals surface area contributed by atoms with E-state index < -0.39 is 5.97 Å². The number of carbonyl (C=O) groups excluding carboxylic acids is 1. The molecule has 0 aliphatic heterocycles. The maximum Gasteiger partial charge on any atom is 0.306 e. The number of rotatable bonds is 46. The topological polar surface area (TPSA) is 54.4 Å². The number of Topliss-reactive ketones (excluding diaryl/α,β-unsaturated/α-hetero) is 1. The molecule has 0 aliphatic carbocycles. The largest absolute Gasteiger partial charge is 0.481 e. The van der Waals surface area contributed by atoms with Crippen molar-refractivity contribution < 1.29 is 14.7 Å². The summed E-state index contributed by atoms with van der Waals surface area (Å²) in [6.07, 6.45) is 56.7. The summed E-state index contributed by atoms with van der Waals surface area (Å²) in [6.45, 7) is 4.57. The van der Waals surface area contributed by atoms with Crippen molar-refractivity contribution >= 4 is 11.8 Å². The number of carboxylic acid groups (broad SMARTS) is 1. The molecule has 0 aliphatic rings. The molecule has 52 heavy (non-hydrogen) atoms. The number of hydrogen-bond donors (Lipinski definition) is 1. The molecule has 0 aromatic rings. The Kier molecular flexibility index (Phi) is 43.8. The predicted molar refractivity (Wildman–Crippen MR) is 231 cm³/mol. The fourth-order valence-electron chi connectivity index (χ4n) is 8.10. The van der Waals surface area contributed by atoms with Gasteiger partial charge in [-0.1, -0.05) is 258 Å². The molecule has 0 aromatic heterocycles. The van der Waals surface area contributed by atoms with E-state index in [-0.39, 0.29) is 5.92 Å². The molecule has 0 aromatic carbocycles. The van der Waals surface area contributed by atoms with Crippen LogP contribution in [-0.4, -0.2) is 16.9 Å². The quantitative estimate of drug-likeness (QED) is 0.0634. The van der Waals surface area contributed by atoms with Crippen LogP contribution >= 0.6 is 0 Å². The van der Waals surface area contributed by atoms with E-state index in [0.29, 0.717) is 5.78 Å². The van der Waals surface area contributed by atoms with Crippen LogP contribution in [0.2, 0.25) is 0 Å². The van der Waals surface area contributed by atoms with Crippen molar-refractivity contribution in [3.63, 3.8) is 0 Å². The zero-order valence-electron chi connectivity index (χ0n) is 36.0. The zero-order chi connectivity index (χ0) is 37.8. The fraction of sp³-hybridized carbons (Fsp3) is 0.959. The molecule has 0 spiro atoms. The number of carbonyl (C=O) groups is 2. The Balaban J connectivity index is 3.34. The summed E-state index contributed by atoms with van der Waals surface area (Å²) in [7, 11) is 0. The summed E-state index contributed by atoms with van der Waals surface area (Å²) >= 11 is 0. The minimum absolute atomic E-state index is 0.116. The van der Waals surface area contributed by atoms with Crippen molar-refractivity contribution in [2.75, 3.05) is 0 Å². The molecule has 1 N–H and O–H groups in total. The van der Waals surface area contributed by atoms with Crippen molar-refractivity contribution in [2.45, 2.75) is 296 Å². The molecular formula is C49H96O3. The molecule has 3 heteroatoms. The highest BCUT2D eigenvalue weighted by atomic mass is 16.4. The van der Waals surface area contributed by atoms with Gasteiger partial charge in [-0.25, -0.2) is 0 Å². The predicted octanol–water partition coefficient (Wildman–Crippen LogP) is 17.5. The first-order valence-corrected chi connectivity index (χ1v) is 24.4. The smallest absolute Gasteiger partial charge is 0.306 e. The lowest BCUT2D eigenvalue weighted by atomic mass is 9.94. The van der Waals surface area contributed by atoms with Gasteiger partial charge in [-0.2, -0.15) is 0 Å². The highest BCUT2D eigenvalue weighted by molar-refractivity contribution is 5.78. The van der Waals surface area contributed by atoms with Gasteiger partial charge in [0, 0.05) is 12.8 Å². The van der Waals surface area contributed by atoms with E-state index in [1.54, 1.807) is 0 Å². The molecule has 310 valence electrons. The first-order valence-electron chi connectivity index (χ1n) is 24.4. The Bertz CT molecular complexity index is 703. The molecule has 0 radical (unpaired) electrons. The van der Waals surface area contributed by atoms with Gasteiger partial charge in [0.25, 0.3) is 0 Å². The van der Waals surface area contributed by atoms with Crippen molar-refractivity contribution in [2.24, 2.45) is 5.92 Å². The van der Waals surface area contributed by atoms with Crippen LogP contribution in [-0.2, 0) is 9.59 Å². The summed E-state index contributed by atoms with van der Waals surface area (Å²) < 4.78 is 0. The lowest BCUT2D eigenvalue weighted by molar-refractivity contribution is -0.142. The zero-order valence-corrected chi connectivity index (χ0v) is 36.0. The molecule has 0 fully saturated rings. The van der Waals surface area contributed by atoms with Gasteiger partial charge in [0.05, 0.1) is 5.92 Å². The maximum atomic E-state index is 12.2. The third-order valence-electron chi connectivity index (χ3n) is 11.8. The SMILES string of the molecule is CCCCCCCCCCCCCCCCCC(=O)CCCCCCCCCCCCCCCCC(CCCCCCCCCCCCC)C(=O)O. The average Bonchev–Trinajstić information content (AvgIpc) is 3.14. The number of aliphatic carboxylic acids is 1. The molecule has 1 atom stereocenters. The van der Waals surface area contributed by atoms with Crippen LogP contribution < -0.4 is 0 Å². The van der Waals surface area contributed by atoms with Crippen molar-refractivity contribution in [1.29, 1.82) is 0 Å². The molecule has 1 unspecified atom stereocenters. The molecular weight excluding hydrogens is 637 g/mol. The Morgan fingerprint density at radius 3 is 0.712 bits per heavy atom. The lowest BCUT2D eigenvalue weighted by Crippen LogP contribution is -2.13. The van der Waals surface area contributed by atoms with Crippen LogP contribution in [0.4, 0.5) is 0 Å². The molecule has 3 nitrogen and oxygen atoms in total. The number of unbranched alkanes of at least 4 members (excludes halogenated alkanes) is 37. The summed E-state index contributed by atoms with van der Waals surface area (Å²) in [6, 6.07) is 0. The number of carboxylic acids is 1. The Morgan fingerprint density at radius 1 is 0.308 bits per heavy atom. The van der Waals surface area contributed by atoms with Crippen LogP contribution in [0.5, 0.6) is 0 Å². The average molecular weight is 733 g/mol. The van der Waals surface area contributed by atoms with Gasteiger partial charge in [-0.15, -0.1) is 0 Å². The van der Waals surface area contributed by atoms with Gasteiger partial charge < -0.3 is 5.11 Å². The Labute approximate surface area is 327 Å². The van der Waals surface area contributed by atoms with E-state index >= 15 is 0 Å². The van der Waals surface area contributed by atoms with Crippen molar-refractivity contribution in [3.8, 4) is 0 Å². The summed E-state index contributed by atoms with van der Waals surface area (Å²) in [5.41, 5.74) is 0. The van der Waals surface area contributed by atoms with E-state index in [1.165, 1.54) is 231 Å². The third kappa shape index (κ3) is 41.9. The second-order valence-electron chi connectivity index (χ2n) is 17.1. The van der Waals surface area contributed by atoms with E-state index in [1.807, 2.05) is 0 Å². The van der Waals surface area contributed by atoms with Gasteiger partial charge in [0.15, 0.2) is 0 Å². The minimum atomic E-state index is -0.567. The van der Waals surface area contributed by atoms with Crippen molar-refractivity contribution in [1.82, 2.24) is 0 Å². The van der Waals surface area contributed by atoms with Crippen LogP contribution in [0.1, 0.15) is 296 Å². The molecule has 0 amide bonds. The third-order valence-corrected chi connectivity index (χ3v) is 11.8. The molecule has 0 rings (SSSR count). The van der Waals surface area contributed by atoms with Crippen LogP contribution in [0.3, 0.4) is 0 Å². The molecule has 0 saturated carbocycles. The molecule has 0 saturated heterocycles. The normalized spacial score (nSPS) is 12.1. The highest BCUT2D eigenvalue weighted by Crippen LogP contribution is 2.21. The second-order valence-corrected chi connectivity index (χ2v) is 17.1. The van der Waals surface area contributed by atoms with Gasteiger partial charge in [0.1, 0.15) is 5.78 Å². The lowest BCUT2D eigenvalue weighted by Gasteiger charge is -2.12. The van der Waals surface area contributed by atoms with E-state index in [9.17, 15) is 14.7 Å². The molecule has 0 heterocycles. The van der Waals surface area contributed by atoms with Gasteiger partial charge in [-0.3, -0.25) is 9.59 Å². The summed E-state index contributed by atoms with van der Waals surface area (Å²) in [5, 5.41) is 9.65. The van der Waals surface area contributed by atoms with Gasteiger partial charge in [0.2, 0.25) is 0 Å². The maximum absolute atomic E-state index is 12.2. The monoisotopic (exact) mass is 733 g/mol.